The van der Waals surface area contributed by atoms with Crippen molar-refractivity contribution in [3.05, 3.63) is 46.3 Å². The Morgan fingerprint density at radius 1 is 1.18 bits per heavy atom. The van der Waals surface area contributed by atoms with Crippen LogP contribution in [0.5, 0.6) is 0 Å². The molecule has 0 saturated carbocycles. The molecule has 0 aliphatic carbocycles. The molecule has 3 atom stereocenters. The van der Waals surface area contributed by atoms with Crippen LogP contribution in [0.3, 0.4) is 0 Å². The predicted molar refractivity (Wildman–Crippen MR) is 140 cm³/mol. The van der Waals surface area contributed by atoms with Crippen molar-refractivity contribution in [1.82, 2.24) is 20.0 Å². The number of halogens is 5. The SMILES string of the molecule is C[C@H](/C=C\S(C)(=O)=O)NC(=O)[C@@]1(F)CCCN(C(=O)N2CCN(CC(F)(F)F)C[C@H]2c2ccccc2Cl)CC1. The van der Waals surface area contributed by atoms with E-state index in [1.807, 2.05) is 0 Å². The molecule has 0 spiro atoms. The fraction of sp³-hybridized carbons (Fsp3) is 0.600. The van der Waals surface area contributed by atoms with Crippen molar-refractivity contribution in [2.75, 3.05) is 45.5 Å². The summed E-state index contributed by atoms with van der Waals surface area (Å²) in [5.41, 5.74) is -1.75. The number of urea groups is 1. The highest BCUT2D eigenvalue weighted by molar-refractivity contribution is 7.93. The summed E-state index contributed by atoms with van der Waals surface area (Å²) in [6, 6.07) is 4.73. The average molecular weight is 597 g/mol. The lowest BCUT2D eigenvalue weighted by Gasteiger charge is -2.43. The molecule has 2 aliphatic rings. The summed E-state index contributed by atoms with van der Waals surface area (Å²) in [4.78, 5) is 30.4. The van der Waals surface area contributed by atoms with Gasteiger partial charge in [-0.15, -0.1) is 0 Å². The third-order valence-corrected chi connectivity index (χ3v) is 7.80. The molecular formula is C25H33ClF4N4O4S. The Morgan fingerprint density at radius 3 is 2.51 bits per heavy atom. The summed E-state index contributed by atoms with van der Waals surface area (Å²) in [6.07, 6.45) is -2.38. The Labute approximate surface area is 230 Å². The molecule has 1 aromatic carbocycles. The molecule has 0 radical (unpaired) electrons. The summed E-state index contributed by atoms with van der Waals surface area (Å²) >= 11 is 6.36. The molecule has 0 aromatic heterocycles. The van der Waals surface area contributed by atoms with Gasteiger partial charge < -0.3 is 15.1 Å². The normalized spacial score (nSPS) is 24.4. The minimum Gasteiger partial charge on any atom is -0.347 e. The van der Waals surface area contributed by atoms with Crippen LogP contribution in [-0.4, -0.2) is 98.5 Å². The molecular weight excluding hydrogens is 564 g/mol. The highest BCUT2D eigenvalue weighted by Gasteiger charge is 2.43. The Hall–Kier alpha value is -2.38. The standard InChI is InChI=1S/C25H33ClF4N4O4S/c1-18(8-15-39(2,37)38)31-22(35)24(27)9-5-11-33(12-10-24)23(36)34-14-13-32(17-25(28,29)30)16-21(34)19-6-3-4-7-20(19)26/h3-4,6-8,15,18,21H,5,9-14,16-17H2,1-2H3,(H,31,35)/b15-8-/t18-,21+,24-/m1/s1. The maximum atomic E-state index is 15.7. The first-order valence-electron chi connectivity index (χ1n) is 12.6. The number of amides is 3. The summed E-state index contributed by atoms with van der Waals surface area (Å²) in [6.45, 7) is 0.450. The van der Waals surface area contributed by atoms with Gasteiger partial charge in [0, 0.05) is 61.9 Å². The Balaban J connectivity index is 1.72. The van der Waals surface area contributed by atoms with Crippen LogP contribution in [0.4, 0.5) is 22.4 Å². The highest BCUT2D eigenvalue weighted by atomic mass is 35.5. The second kappa shape index (κ2) is 12.4. The first kappa shape index (κ1) is 31.2. The molecule has 2 aliphatic heterocycles. The summed E-state index contributed by atoms with van der Waals surface area (Å²) in [7, 11) is -3.41. The van der Waals surface area contributed by atoms with Crippen LogP contribution in [0.1, 0.15) is 37.8 Å². The quantitative estimate of drug-likeness (QED) is 0.503. The molecule has 1 aromatic rings. The lowest BCUT2D eigenvalue weighted by molar-refractivity contribution is -0.150. The highest BCUT2D eigenvalue weighted by Crippen LogP contribution is 2.34. The second-order valence-corrected chi connectivity index (χ2v) is 12.4. The second-order valence-electron chi connectivity index (χ2n) is 10.1. The fourth-order valence-corrected chi connectivity index (χ4v) is 5.60. The van der Waals surface area contributed by atoms with Crippen LogP contribution in [0.15, 0.2) is 35.7 Å². The fourth-order valence-electron chi connectivity index (χ4n) is 4.82. The minimum absolute atomic E-state index is 0.00832. The number of likely N-dealkylation sites (tertiary alicyclic amines) is 1. The van der Waals surface area contributed by atoms with Gasteiger partial charge >= 0.3 is 12.2 Å². The number of carbonyl (C=O) groups excluding carboxylic acids is 2. The van der Waals surface area contributed by atoms with Crippen molar-refractivity contribution >= 4 is 33.4 Å². The van der Waals surface area contributed by atoms with Crippen molar-refractivity contribution in [3.8, 4) is 0 Å². The number of nitrogens with one attached hydrogen (secondary N) is 1. The van der Waals surface area contributed by atoms with E-state index in [0.29, 0.717) is 10.6 Å². The third-order valence-electron chi connectivity index (χ3n) is 6.81. The number of alkyl halides is 4. The minimum atomic E-state index is -4.40. The van der Waals surface area contributed by atoms with Crippen molar-refractivity contribution < 1.29 is 35.6 Å². The molecule has 39 heavy (non-hydrogen) atoms. The molecule has 2 heterocycles. The van der Waals surface area contributed by atoms with Gasteiger partial charge in [-0.25, -0.2) is 17.6 Å². The number of benzene rings is 1. The van der Waals surface area contributed by atoms with Crippen LogP contribution in [0.25, 0.3) is 0 Å². The molecule has 3 rings (SSSR count). The van der Waals surface area contributed by atoms with Crippen molar-refractivity contribution in [2.24, 2.45) is 0 Å². The van der Waals surface area contributed by atoms with Crippen molar-refractivity contribution in [3.63, 3.8) is 0 Å². The molecule has 218 valence electrons. The monoisotopic (exact) mass is 596 g/mol. The van der Waals surface area contributed by atoms with E-state index in [2.05, 4.69) is 5.32 Å². The number of hydrogen-bond donors (Lipinski definition) is 1. The van der Waals surface area contributed by atoms with E-state index in [9.17, 15) is 31.2 Å². The van der Waals surface area contributed by atoms with Crippen molar-refractivity contribution in [2.45, 2.75) is 50.1 Å². The van der Waals surface area contributed by atoms with Gasteiger partial charge in [-0.05, 0) is 31.4 Å². The lowest BCUT2D eigenvalue weighted by atomic mass is 9.95. The van der Waals surface area contributed by atoms with Crippen LogP contribution in [0, 0.1) is 0 Å². The zero-order valence-corrected chi connectivity index (χ0v) is 23.3. The molecule has 8 nitrogen and oxygen atoms in total. The van der Waals surface area contributed by atoms with Gasteiger partial charge in [-0.3, -0.25) is 9.69 Å². The van der Waals surface area contributed by atoms with E-state index in [1.54, 1.807) is 24.3 Å². The number of carbonyl (C=O) groups is 2. The zero-order chi connectivity index (χ0) is 29.0. The van der Waals surface area contributed by atoms with Crippen LogP contribution in [0.2, 0.25) is 5.02 Å². The molecule has 2 fully saturated rings. The Kier molecular flexibility index (Phi) is 9.92. The van der Waals surface area contributed by atoms with Crippen LogP contribution < -0.4 is 5.32 Å². The molecule has 1 N–H and O–H groups in total. The van der Waals surface area contributed by atoms with Crippen molar-refractivity contribution in [1.29, 1.82) is 0 Å². The van der Waals surface area contributed by atoms with Crippen LogP contribution >= 0.6 is 11.6 Å². The lowest BCUT2D eigenvalue weighted by Crippen LogP contribution is -2.56. The number of rotatable bonds is 6. The van der Waals surface area contributed by atoms with E-state index in [1.165, 1.54) is 27.7 Å². The van der Waals surface area contributed by atoms with Gasteiger partial charge in [-0.2, -0.15) is 13.2 Å². The van der Waals surface area contributed by atoms with E-state index < -0.39 is 52.2 Å². The average Bonchev–Trinajstić information content (AvgIpc) is 3.04. The van der Waals surface area contributed by atoms with Gasteiger partial charge in [0.05, 0.1) is 12.6 Å². The van der Waals surface area contributed by atoms with Gasteiger partial charge in [-0.1, -0.05) is 35.9 Å². The molecule has 2 saturated heterocycles. The maximum Gasteiger partial charge on any atom is 0.401 e. The van der Waals surface area contributed by atoms with E-state index in [0.717, 1.165) is 11.7 Å². The predicted octanol–water partition coefficient (Wildman–Crippen LogP) is 3.94. The molecule has 3 amide bonds. The number of hydrogen-bond acceptors (Lipinski definition) is 5. The van der Waals surface area contributed by atoms with Crippen LogP contribution in [-0.2, 0) is 14.6 Å². The summed E-state index contributed by atoms with van der Waals surface area (Å²) in [5, 5.41) is 3.72. The first-order valence-corrected chi connectivity index (χ1v) is 14.9. The smallest absolute Gasteiger partial charge is 0.347 e. The number of piperazine rings is 1. The van der Waals surface area contributed by atoms with Gasteiger partial charge in [0.15, 0.2) is 15.5 Å². The molecule has 14 heteroatoms. The Morgan fingerprint density at radius 2 is 1.87 bits per heavy atom. The summed E-state index contributed by atoms with van der Waals surface area (Å²) < 4.78 is 77.6. The van der Waals surface area contributed by atoms with Gasteiger partial charge in [0.2, 0.25) is 0 Å². The van der Waals surface area contributed by atoms with E-state index in [4.69, 9.17) is 11.6 Å². The molecule has 0 unspecified atom stereocenters. The number of nitrogens with zero attached hydrogens (tertiary/aromatic N) is 3. The van der Waals surface area contributed by atoms with Gasteiger partial charge in [0.25, 0.3) is 5.91 Å². The largest absolute Gasteiger partial charge is 0.401 e. The Bertz CT molecular complexity index is 1180. The maximum absolute atomic E-state index is 15.7. The van der Waals surface area contributed by atoms with Gasteiger partial charge in [0.1, 0.15) is 0 Å². The van der Waals surface area contributed by atoms with E-state index in [-0.39, 0.29) is 52.0 Å². The third kappa shape index (κ3) is 8.81. The topological polar surface area (TPSA) is 90.0 Å². The van der Waals surface area contributed by atoms with E-state index >= 15 is 4.39 Å². The number of sulfone groups is 1. The summed E-state index contributed by atoms with van der Waals surface area (Å²) in [5.74, 6) is -0.892. The zero-order valence-electron chi connectivity index (χ0n) is 21.8. The first-order chi connectivity index (χ1) is 18.1. The molecule has 0 bridgehead atoms.